The zero-order valence-electron chi connectivity index (χ0n) is 17.9. The molecule has 9 nitrogen and oxygen atoms in total. The van der Waals surface area contributed by atoms with Gasteiger partial charge in [0.05, 0.1) is 6.04 Å². The van der Waals surface area contributed by atoms with Crippen molar-refractivity contribution in [1.29, 1.82) is 0 Å². The number of carbonyl (C=O) groups excluding carboxylic acids is 1. The number of carbonyl (C=O) groups is 1. The summed E-state index contributed by atoms with van der Waals surface area (Å²) >= 11 is 5.88. The van der Waals surface area contributed by atoms with Crippen LogP contribution in [0.4, 0.5) is 5.95 Å². The van der Waals surface area contributed by atoms with Gasteiger partial charge in [-0.3, -0.25) is 9.36 Å². The Kier molecular flexibility index (Phi) is 6.57. The monoisotopic (exact) mass is 456 g/mol. The van der Waals surface area contributed by atoms with Gasteiger partial charge in [0.1, 0.15) is 23.6 Å². The highest BCUT2D eigenvalue weighted by Crippen LogP contribution is 2.27. The smallest absolute Gasteiger partial charge is 0.271 e. The number of hydrogen-bond donors (Lipinski definition) is 3. The van der Waals surface area contributed by atoms with E-state index >= 15 is 0 Å². The molecule has 1 fully saturated rings. The van der Waals surface area contributed by atoms with Gasteiger partial charge in [-0.25, -0.2) is 9.97 Å². The number of ether oxygens (including phenoxy) is 1. The van der Waals surface area contributed by atoms with Gasteiger partial charge in [0.25, 0.3) is 5.91 Å². The van der Waals surface area contributed by atoms with Crippen LogP contribution in [-0.4, -0.2) is 49.8 Å². The number of amides is 1. The van der Waals surface area contributed by atoms with Crippen molar-refractivity contribution < 1.29 is 14.6 Å². The van der Waals surface area contributed by atoms with Gasteiger partial charge in [-0.05, 0) is 38.8 Å². The molecule has 1 unspecified atom stereocenters. The van der Waals surface area contributed by atoms with Gasteiger partial charge in [-0.2, -0.15) is 4.98 Å². The van der Waals surface area contributed by atoms with Crippen molar-refractivity contribution in [1.82, 2.24) is 24.8 Å². The summed E-state index contributed by atoms with van der Waals surface area (Å²) in [4.78, 5) is 25.9. The number of halogens is 1. The first-order valence-electron chi connectivity index (χ1n) is 10.4. The lowest BCUT2D eigenvalue weighted by Crippen LogP contribution is -2.28. The minimum Gasteiger partial charge on any atom is -0.508 e. The van der Waals surface area contributed by atoms with E-state index in [-0.39, 0.29) is 23.4 Å². The number of rotatable bonds is 6. The number of benzene rings is 1. The second kappa shape index (κ2) is 9.54. The van der Waals surface area contributed by atoms with Crippen LogP contribution in [0.2, 0.25) is 5.02 Å². The van der Waals surface area contributed by atoms with Crippen molar-refractivity contribution >= 4 is 23.5 Å². The van der Waals surface area contributed by atoms with Crippen LogP contribution in [0.3, 0.4) is 0 Å². The van der Waals surface area contributed by atoms with Crippen molar-refractivity contribution in [3.63, 3.8) is 0 Å². The molecule has 4 rings (SSSR count). The van der Waals surface area contributed by atoms with Crippen LogP contribution in [-0.2, 0) is 4.74 Å². The predicted octanol–water partition coefficient (Wildman–Crippen LogP) is 3.41. The summed E-state index contributed by atoms with van der Waals surface area (Å²) in [5, 5.41) is 16.7. The number of phenolic OH excluding ortho intramolecular Hbond substituents is 1. The summed E-state index contributed by atoms with van der Waals surface area (Å²) in [5.74, 6) is 0.836. The molecule has 0 bridgehead atoms. The summed E-state index contributed by atoms with van der Waals surface area (Å²) in [7, 11) is 0. The first-order valence-corrected chi connectivity index (χ1v) is 10.8. The number of anilines is 1. The second-order valence-electron chi connectivity index (χ2n) is 7.80. The van der Waals surface area contributed by atoms with Gasteiger partial charge in [0, 0.05) is 47.8 Å². The number of aromatic hydroxyl groups is 1. The quantitative estimate of drug-likeness (QED) is 0.520. The third kappa shape index (κ3) is 5.00. The number of hydrogen-bond acceptors (Lipinski definition) is 7. The number of nitrogens with one attached hydrogen (secondary N) is 2. The highest BCUT2D eigenvalue weighted by Gasteiger charge is 2.19. The molecule has 3 heterocycles. The third-order valence-corrected chi connectivity index (χ3v) is 5.60. The highest BCUT2D eigenvalue weighted by molar-refractivity contribution is 6.30. The Morgan fingerprint density at radius 3 is 2.84 bits per heavy atom. The minimum absolute atomic E-state index is 0.0250. The van der Waals surface area contributed by atoms with Crippen LogP contribution in [0.15, 0.2) is 36.9 Å². The maximum atomic E-state index is 12.7. The largest absolute Gasteiger partial charge is 0.508 e. The summed E-state index contributed by atoms with van der Waals surface area (Å²) in [6.45, 7) is 5.13. The molecule has 3 aromatic rings. The lowest BCUT2D eigenvalue weighted by Gasteiger charge is -2.23. The molecule has 1 amide bonds. The van der Waals surface area contributed by atoms with Gasteiger partial charge in [-0.1, -0.05) is 17.7 Å². The number of aromatic nitrogens is 4. The van der Waals surface area contributed by atoms with E-state index in [1.165, 1.54) is 6.07 Å². The zero-order chi connectivity index (χ0) is 22.7. The van der Waals surface area contributed by atoms with E-state index in [4.69, 9.17) is 16.3 Å². The molecule has 3 N–H and O–H groups in total. The van der Waals surface area contributed by atoms with Crippen LogP contribution in [0.5, 0.6) is 5.75 Å². The van der Waals surface area contributed by atoms with E-state index in [0.29, 0.717) is 22.4 Å². The number of aryl methyl sites for hydroxylation is 1. The molecule has 168 valence electrons. The molecule has 1 saturated heterocycles. The van der Waals surface area contributed by atoms with Crippen molar-refractivity contribution in [3.8, 4) is 11.6 Å². The SMILES string of the molecule is Cc1cnc(NC2CCOCC2)nc1-n1cnc(C(=O)NC(C)c2ccc(Cl)cc2O)c1. The van der Waals surface area contributed by atoms with E-state index in [0.717, 1.165) is 31.6 Å². The lowest BCUT2D eigenvalue weighted by molar-refractivity contribution is 0.0903. The van der Waals surface area contributed by atoms with Crippen LogP contribution in [0.25, 0.3) is 5.82 Å². The third-order valence-electron chi connectivity index (χ3n) is 5.37. The fraction of sp³-hybridized carbons (Fsp3) is 0.364. The van der Waals surface area contributed by atoms with Crippen molar-refractivity contribution in [2.75, 3.05) is 18.5 Å². The molecule has 0 spiro atoms. The molecule has 1 aromatic carbocycles. The predicted molar refractivity (Wildman–Crippen MR) is 120 cm³/mol. The Balaban J connectivity index is 1.48. The van der Waals surface area contributed by atoms with Gasteiger partial charge in [0.15, 0.2) is 0 Å². The Morgan fingerprint density at radius 2 is 2.09 bits per heavy atom. The van der Waals surface area contributed by atoms with Gasteiger partial charge in [-0.15, -0.1) is 0 Å². The topological polar surface area (TPSA) is 114 Å². The summed E-state index contributed by atoms with van der Waals surface area (Å²) in [6, 6.07) is 4.63. The first kappa shape index (κ1) is 22.0. The second-order valence-corrected chi connectivity index (χ2v) is 8.23. The Labute approximate surface area is 190 Å². The van der Waals surface area contributed by atoms with Crippen LogP contribution < -0.4 is 10.6 Å². The lowest BCUT2D eigenvalue weighted by atomic mass is 10.1. The highest BCUT2D eigenvalue weighted by atomic mass is 35.5. The molecule has 10 heteroatoms. The maximum absolute atomic E-state index is 12.7. The molecule has 1 atom stereocenters. The first-order chi connectivity index (χ1) is 15.4. The van der Waals surface area contributed by atoms with Gasteiger partial charge < -0.3 is 20.5 Å². The van der Waals surface area contributed by atoms with Crippen LogP contribution in [0, 0.1) is 6.92 Å². The Bertz CT molecular complexity index is 1110. The van der Waals surface area contributed by atoms with E-state index in [2.05, 4.69) is 25.6 Å². The van der Waals surface area contributed by atoms with Crippen molar-refractivity contribution in [3.05, 3.63) is 58.8 Å². The van der Waals surface area contributed by atoms with Crippen molar-refractivity contribution in [2.24, 2.45) is 0 Å². The number of nitrogens with zero attached hydrogens (tertiary/aromatic N) is 4. The molecule has 2 aromatic heterocycles. The molecule has 1 aliphatic rings. The van der Waals surface area contributed by atoms with Gasteiger partial charge in [0.2, 0.25) is 5.95 Å². The van der Waals surface area contributed by atoms with E-state index in [1.54, 1.807) is 42.3 Å². The molecular weight excluding hydrogens is 432 g/mol. The molecule has 0 aliphatic carbocycles. The minimum atomic E-state index is -0.430. The summed E-state index contributed by atoms with van der Waals surface area (Å²) in [5.41, 5.74) is 1.66. The molecular formula is C22H25ClN6O3. The fourth-order valence-corrected chi connectivity index (χ4v) is 3.74. The zero-order valence-corrected chi connectivity index (χ0v) is 18.6. The maximum Gasteiger partial charge on any atom is 0.271 e. The number of phenols is 1. The summed E-state index contributed by atoms with van der Waals surface area (Å²) < 4.78 is 7.09. The Morgan fingerprint density at radius 1 is 1.31 bits per heavy atom. The number of imidazole rings is 1. The molecule has 0 saturated carbocycles. The average molecular weight is 457 g/mol. The average Bonchev–Trinajstić information content (AvgIpc) is 3.26. The van der Waals surface area contributed by atoms with Crippen molar-refractivity contribution in [2.45, 2.75) is 38.8 Å². The standard InChI is InChI=1S/C22H25ClN6O3/c1-13-10-24-22(27-16-5-7-32-8-6-16)28-20(13)29-11-18(25-12-29)21(31)26-14(2)17-4-3-15(23)9-19(17)30/h3-4,9-12,14,16,30H,5-8H2,1-2H3,(H,26,31)(H,24,27,28). The van der Waals surface area contributed by atoms with Crippen LogP contribution >= 0.6 is 11.6 Å². The Hall–Kier alpha value is -3.17. The molecule has 32 heavy (non-hydrogen) atoms. The molecule has 0 radical (unpaired) electrons. The van der Waals surface area contributed by atoms with Gasteiger partial charge >= 0.3 is 0 Å². The van der Waals surface area contributed by atoms with E-state index in [1.807, 2.05) is 6.92 Å². The summed E-state index contributed by atoms with van der Waals surface area (Å²) in [6.07, 6.45) is 6.73. The van der Waals surface area contributed by atoms with Crippen LogP contribution in [0.1, 0.15) is 47.4 Å². The van der Waals surface area contributed by atoms with E-state index < -0.39 is 6.04 Å². The van der Waals surface area contributed by atoms with E-state index in [9.17, 15) is 9.90 Å². The molecule has 1 aliphatic heterocycles. The normalized spacial score (nSPS) is 15.3. The fourth-order valence-electron chi connectivity index (χ4n) is 3.58.